The molecule has 0 aliphatic rings. The van der Waals surface area contributed by atoms with Crippen molar-refractivity contribution >= 4 is 17.3 Å². The van der Waals surface area contributed by atoms with Gasteiger partial charge in [-0.25, -0.2) is 0 Å². The number of carbonyl (C=O) groups is 1. The predicted molar refractivity (Wildman–Crippen MR) is 103 cm³/mol. The molecular formula is C21H20N2O3. The Morgan fingerprint density at radius 2 is 1.58 bits per heavy atom. The van der Waals surface area contributed by atoms with Gasteiger partial charge in [-0.1, -0.05) is 24.3 Å². The lowest BCUT2D eigenvalue weighted by molar-refractivity contribution is 0.102. The summed E-state index contributed by atoms with van der Waals surface area (Å²) in [4.78, 5) is 12.3. The van der Waals surface area contributed by atoms with Crippen molar-refractivity contribution < 1.29 is 14.3 Å². The van der Waals surface area contributed by atoms with Crippen LogP contribution in [0.3, 0.4) is 0 Å². The van der Waals surface area contributed by atoms with Crippen LogP contribution in [0.2, 0.25) is 0 Å². The summed E-state index contributed by atoms with van der Waals surface area (Å²) in [6, 6.07) is 21.8. The van der Waals surface area contributed by atoms with Gasteiger partial charge in [0.05, 0.1) is 18.5 Å². The second-order valence-electron chi connectivity index (χ2n) is 5.70. The number of rotatable bonds is 6. The minimum Gasteiger partial charge on any atom is -0.497 e. The summed E-state index contributed by atoms with van der Waals surface area (Å²) in [6.07, 6.45) is 0. The van der Waals surface area contributed by atoms with Gasteiger partial charge in [-0.2, -0.15) is 0 Å². The first-order chi connectivity index (χ1) is 12.7. The molecule has 3 N–H and O–H groups in total. The fraction of sp³-hybridized carbons (Fsp3) is 0.0952. The lowest BCUT2D eigenvalue weighted by Crippen LogP contribution is -2.13. The molecule has 5 heteroatoms. The van der Waals surface area contributed by atoms with E-state index in [9.17, 15) is 4.79 Å². The molecule has 1 amide bonds. The van der Waals surface area contributed by atoms with E-state index in [1.165, 1.54) is 0 Å². The molecule has 0 bridgehead atoms. The lowest BCUT2D eigenvalue weighted by atomic mass is 10.1. The molecule has 0 radical (unpaired) electrons. The van der Waals surface area contributed by atoms with Crippen molar-refractivity contribution in [2.24, 2.45) is 0 Å². The van der Waals surface area contributed by atoms with E-state index in [0.717, 1.165) is 17.1 Å². The molecule has 0 atom stereocenters. The Bertz CT molecular complexity index is 875. The minimum absolute atomic E-state index is 0.203. The molecule has 0 unspecified atom stereocenters. The Hall–Kier alpha value is -3.47. The average molecular weight is 348 g/mol. The highest BCUT2D eigenvalue weighted by atomic mass is 16.5. The number of nitrogens with one attached hydrogen (secondary N) is 1. The zero-order valence-corrected chi connectivity index (χ0v) is 14.4. The smallest absolute Gasteiger partial charge is 0.255 e. The minimum atomic E-state index is -0.203. The van der Waals surface area contributed by atoms with Crippen LogP contribution in [0.15, 0.2) is 72.8 Å². The monoisotopic (exact) mass is 348 g/mol. The number of nitrogen functional groups attached to an aromatic ring is 1. The van der Waals surface area contributed by atoms with Crippen molar-refractivity contribution in [2.45, 2.75) is 6.61 Å². The predicted octanol–water partition coefficient (Wildman–Crippen LogP) is 4.11. The van der Waals surface area contributed by atoms with Crippen LogP contribution in [0.4, 0.5) is 11.4 Å². The van der Waals surface area contributed by atoms with Gasteiger partial charge in [0.25, 0.3) is 5.91 Å². The summed E-state index contributed by atoms with van der Waals surface area (Å²) >= 11 is 0. The number of methoxy groups -OCH3 is 1. The quantitative estimate of drug-likeness (QED) is 0.658. The zero-order chi connectivity index (χ0) is 18.4. The van der Waals surface area contributed by atoms with Gasteiger partial charge in [-0.3, -0.25) is 4.79 Å². The fourth-order valence-corrected chi connectivity index (χ4v) is 2.40. The third kappa shape index (κ3) is 4.33. The fourth-order valence-electron chi connectivity index (χ4n) is 2.40. The number of hydrogen-bond donors (Lipinski definition) is 2. The van der Waals surface area contributed by atoms with Gasteiger partial charge >= 0.3 is 0 Å². The highest BCUT2D eigenvalue weighted by molar-refractivity contribution is 6.05. The summed E-state index contributed by atoms with van der Waals surface area (Å²) in [5.41, 5.74) is 8.50. The second-order valence-corrected chi connectivity index (χ2v) is 5.70. The molecule has 3 rings (SSSR count). The molecule has 0 fully saturated rings. The van der Waals surface area contributed by atoms with Crippen LogP contribution in [0.1, 0.15) is 15.9 Å². The van der Waals surface area contributed by atoms with E-state index in [0.29, 0.717) is 23.5 Å². The van der Waals surface area contributed by atoms with Crippen molar-refractivity contribution in [2.75, 3.05) is 18.2 Å². The van der Waals surface area contributed by atoms with E-state index in [-0.39, 0.29) is 5.91 Å². The van der Waals surface area contributed by atoms with Gasteiger partial charge in [-0.15, -0.1) is 0 Å². The van der Waals surface area contributed by atoms with Crippen molar-refractivity contribution in [3.05, 3.63) is 83.9 Å². The van der Waals surface area contributed by atoms with Crippen LogP contribution in [0.25, 0.3) is 0 Å². The average Bonchev–Trinajstić information content (AvgIpc) is 2.69. The molecule has 0 saturated heterocycles. The van der Waals surface area contributed by atoms with Crippen LogP contribution in [-0.4, -0.2) is 13.0 Å². The molecule has 0 saturated carbocycles. The summed E-state index contributed by atoms with van der Waals surface area (Å²) < 4.78 is 10.8. The van der Waals surface area contributed by atoms with Crippen LogP contribution in [0, 0.1) is 0 Å². The van der Waals surface area contributed by atoms with Crippen LogP contribution >= 0.6 is 0 Å². The van der Waals surface area contributed by atoms with Crippen molar-refractivity contribution in [1.82, 2.24) is 0 Å². The van der Waals surface area contributed by atoms with Gasteiger partial charge in [0.1, 0.15) is 18.1 Å². The molecule has 3 aromatic carbocycles. The van der Waals surface area contributed by atoms with Gasteiger partial charge < -0.3 is 20.5 Å². The Labute approximate surface area is 152 Å². The first kappa shape index (κ1) is 17.4. The number of carbonyl (C=O) groups excluding carboxylic acids is 1. The molecule has 0 aliphatic carbocycles. The maximum Gasteiger partial charge on any atom is 0.255 e. The molecule has 0 aromatic heterocycles. The number of ether oxygens (including phenoxy) is 2. The summed E-state index contributed by atoms with van der Waals surface area (Å²) in [6.45, 7) is 0.417. The van der Waals surface area contributed by atoms with Crippen molar-refractivity contribution in [3.8, 4) is 11.5 Å². The molecule has 0 aliphatic heterocycles. The molecule has 132 valence electrons. The second kappa shape index (κ2) is 8.07. The van der Waals surface area contributed by atoms with E-state index in [1.807, 2.05) is 48.5 Å². The number of hydrogen-bond acceptors (Lipinski definition) is 4. The van der Waals surface area contributed by atoms with Crippen molar-refractivity contribution in [3.63, 3.8) is 0 Å². The molecule has 26 heavy (non-hydrogen) atoms. The summed E-state index contributed by atoms with van der Waals surface area (Å²) in [5, 5.41) is 2.81. The normalized spacial score (nSPS) is 10.2. The molecule has 0 heterocycles. The largest absolute Gasteiger partial charge is 0.497 e. The molecule has 5 nitrogen and oxygen atoms in total. The summed E-state index contributed by atoms with van der Waals surface area (Å²) in [5.74, 6) is 1.34. The Morgan fingerprint density at radius 3 is 2.23 bits per heavy atom. The van der Waals surface area contributed by atoms with Crippen LogP contribution < -0.4 is 20.5 Å². The number of benzene rings is 3. The van der Waals surface area contributed by atoms with Crippen LogP contribution in [0.5, 0.6) is 11.5 Å². The first-order valence-corrected chi connectivity index (χ1v) is 8.17. The van der Waals surface area contributed by atoms with E-state index in [2.05, 4.69) is 5.32 Å². The Morgan fingerprint density at radius 1 is 0.923 bits per heavy atom. The van der Waals surface area contributed by atoms with E-state index >= 15 is 0 Å². The summed E-state index contributed by atoms with van der Waals surface area (Å²) in [7, 11) is 1.62. The number of anilines is 2. The number of amides is 1. The Balaban J connectivity index is 1.59. The zero-order valence-electron chi connectivity index (χ0n) is 14.4. The van der Waals surface area contributed by atoms with Gasteiger partial charge in [0, 0.05) is 5.56 Å². The topological polar surface area (TPSA) is 73.6 Å². The first-order valence-electron chi connectivity index (χ1n) is 8.17. The standard InChI is InChI=1S/C21H20N2O3/c1-25-17-10-12-18(13-11-17)26-14-15-6-8-16(9-7-15)21(24)23-20-5-3-2-4-19(20)22/h2-13H,14,22H2,1H3,(H,23,24). The molecule has 0 spiro atoms. The lowest BCUT2D eigenvalue weighted by Gasteiger charge is -2.09. The molecular weight excluding hydrogens is 328 g/mol. The third-order valence-electron chi connectivity index (χ3n) is 3.89. The number of nitrogens with two attached hydrogens (primary N) is 1. The van der Waals surface area contributed by atoms with E-state index < -0.39 is 0 Å². The van der Waals surface area contributed by atoms with Gasteiger partial charge in [0.2, 0.25) is 0 Å². The molecule has 3 aromatic rings. The van der Waals surface area contributed by atoms with Crippen molar-refractivity contribution in [1.29, 1.82) is 0 Å². The SMILES string of the molecule is COc1ccc(OCc2ccc(C(=O)Nc3ccccc3N)cc2)cc1. The highest BCUT2D eigenvalue weighted by Gasteiger charge is 2.08. The Kier molecular flexibility index (Phi) is 5.39. The third-order valence-corrected chi connectivity index (χ3v) is 3.89. The van der Waals surface area contributed by atoms with Gasteiger partial charge in [0.15, 0.2) is 0 Å². The van der Waals surface area contributed by atoms with Gasteiger partial charge in [-0.05, 0) is 54.1 Å². The highest BCUT2D eigenvalue weighted by Crippen LogP contribution is 2.20. The maximum atomic E-state index is 12.3. The maximum absolute atomic E-state index is 12.3. The van der Waals surface area contributed by atoms with E-state index in [4.69, 9.17) is 15.2 Å². The van der Waals surface area contributed by atoms with E-state index in [1.54, 1.807) is 31.4 Å². The van der Waals surface area contributed by atoms with Crippen LogP contribution in [-0.2, 0) is 6.61 Å². The number of para-hydroxylation sites is 2.